The summed E-state index contributed by atoms with van der Waals surface area (Å²) < 4.78 is 4.88. The van der Waals surface area contributed by atoms with Gasteiger partial charge in [-0.2, -0.15) is 0 Å². The van der Waals surface area contributed by atoms with Crippen LogP contribution in [0.5, 0.6) is 0 Å². The van der Waals surface area contributed by atoms with E-state index in [-0.39, 0.29) is 18.7 Å². The lowest BCUT2D eigenvalue weighted by molar-refractivity contribution is -0.137. The third kappa shape index (κ3) is 4.80. The van der Waals surface area contributed by atoms with E-state index in [1.54, 1.807) is 0 Å². The number of aromatic nitrogens is 1. The number of carbonyl (C=O) groups excluding carboxylic acids is 1. The van der Waals surface area contributed by atoms with Gasteiger partial charge in [-0.05, 0) is 6.42 Å². The summed E-state index contributed by atoms with van der Waals surface area (Å²) in [5.41, 5.74) is 0. The van der Waals surface area contributed by atoms with Crippen molar-refractivity contribution in [3.63, 3.8) is 0 Å². The second-order valence-corrected chi connectivity index (χ2v) is 2.95. The highest BCUT2D eigenvalue weighted by Crippen LogP contribution is 1.95. The fourth-order valence-corrected chi connectivity index (χ4v) is 1.01. The molecule has 1 aromatic heterocycles. The normalized spacial score (nSPS) is 9.87. The van der Waals surface area contributed by atoms with Gasteiger partial charge in [0.05, 0.1) is 6.20 Å². The molecule has 0 spiro atoms. The number of aliphatic carboxylic acids is 1. The number of amides is 1. The van der Waals surface area contributed by atoms with Crippen LogP contribution in [0.4, 0.5) is 0 Å². The molecular formula is C9H12N2O4. The number of nitrogens with one attached hydrogen (secondary N) is 1. The molecule has 1 amide bonds. The Hall–Kier alpha value is -1.85. The Morgan fingerprint density at radius 1 is 1.53 bits per heavy atom. The van der Waals surface area contributed by atoms with Crippen LogP contribution in [0.15, 0.2) is 16.9 Å². The first-order valence-corrected chi connectivity index (χ1v) is 4.55. The Kier molecular flexibility index (Phi) is 4.33. The van der Waals surface area contributed by atoms with E-state index in [1.165, 1.54) is 12.5 Å². The SMILES string of the molecule is O=C(O)CCCNC(=O)Cc1ncco1. The molecule has 0 bridgehead atoms. The number of hydrogen-bond acceptors (Lipinski definition) is 4. The van der Waals surface area contributed by atoms with E-state index in [0.717, 1.165) is 0 Å². The van der Waals surface area contributed by atoms with Crippen LogP contribution < -0.4 is 5.32 Å². The summed E-state index contributed by atoms with van der Waals surface area (Å²) in [5, 5.41) is 10.9. The smallest absolute Gasteiger partial charge is 0.303 e. The zero-order valence-electron chi connectivity index (χ0n) is 8.10. The quantitative estimate of drug-likeness (QED) is 0.657. The van der Waals surface area contributed by atoms with Gasteiger partial charge in [0, 0.05) is 13.0 Å². The number of oxazole rings is 1. The second-order valence-electron chi connectivity index (χ2n) is 2.95. The summed E-state index contributed by atoms with van der Waals surface area (Å²) >= 11 is 0. The summed E-state index contributed by atoms with van der Waals surface area (Å²) in [4.78, 5) is 25.2. The molecule has 0 unspecified atom stereocenters. The zero-order valence-corrected chi connectivity index (χ0v) is 8.10. The Balaban J connectivity index is 2.11. The Labute approximate surface area is 86.3 Å². The van der Waals surface area contributed by atoms with Gasteiger partial charge in [0.2, 0.25) is 11.8 Å². The van der Waals surface area contributed by atoms with E-state index in [2.05, 4.69) is 10.3 Å². The molecule has 0 aromatic carbocycles. The number of rotatable bonds is 6. The average Bonchev–Trinajstić information content (AvgIpc) is 2.64. The lowest BCUT2D eigenvalue weighted by Crippen LogP contribution is -2.26. The first kappa shape index (κ1) is 11.2. The highest BCUT2D eigenvalue weighted by atomic mass is 16.4. The van der Waals surface area contributed by atoms with Gasteiger partial charge in [-0.15, -0.1) is 0 Å². The minimum atomic E-state index is -0.864. The molecule has 2 N–H and O–H groups in total. The summed E-state index contributed by atoms with van der Waals surface area (Å²) in [7, 11) is 0. The second kappa shape index (κ2) is 5.79. The first-order valence-electron chi connectivity index (χ1n) is 4.55. The maximum absolute atomic E-state index is 11.2. The summed E-state index contributed by atoms with van der Waals surface area (Å²) in [6, 6.07) is 0. The van der Waals surface area contributed by atoms with Gasteiger partial charge in [-0.25, -0.2) is 4.98 Å². The predicted octanol–water partition coefficient (Wildman–Crippen LogP) is 0.198. The van der Waals surface area contributed by atoms with E-state index < -0.39 is 5.97 Å². The maximum atomic E-state index is 11.2. The molecule has 1 aromatic rings. The van der Waals surface area contributed by atoms with Crippen LogP contribution in [-0.2, 0) is 16.0 Å². The third-order valence-corrected chi connectivity index (χ3v) is 1.68. The molecule has 6 nitrogen and oxygen atoms in total. The molecule has 0 saturated heterocycles. The largest absolute Gasteiger partial charge is 0.481 e. The third-order valence-electron chi connectivity index (χ3n) is 1.68. The van der Waals surface area contributed by atoms with E-state index in [1.807, 2.05) is 0 Å². The minimum absolute atomic E-state index is 0.0548. The zero-order chi connectivity index (χ0) is 11.1. The van der Waals surface area contributed by atoms with Crippen molar-refractivity contribution >= 4 is 11.9 Å². The van der Waals surface area contributed by atoms with Crippen molar-refractivity contribution in [2.24, 2.45) is 0 Å². The molecule has 1 rings (SSSR count). The Morgan fingerprint density at radius 3 is 2.93 bits per heavy atom. The highest BCUT2D eigenvalue weighted by molar-refractivity contribution is 5.77. The molecule has 0 aliphatic carbocycles. The van der Waals surface area contributed by atoms with Gasteiger partial charge in [0.15, 0.2) is 0 Å². The summed E-state index contributed by atoms with van der Waals surface area (Å²) in [5.74, 6) is -0.731. The molecule has 0 saturated carbocycles. The molecule has 0 aliphatic heterocycles. The van der Waals surface area contributed by atoms with Gasteiger partial charge in [0.1, 0.15) is 12.7 Å². The van der Waals surface area contributed by atoms with Gasteiger partial charge in [-0.1, -0.05) is 0 Å². The number of carboxylic acids is 1. The fraction of sp³-hybridized carbons (Fsp3) is 0.444. The van der Waals surface area contributed by atoms with Crippen molar-refractivity contribution in [2.75, 3.05) is 6.54 Å². The Bertz CT molecular complexity index is 321. The van der Waals surface area contributed by atoms with Gasteiger partial charge >= 0.3 is 5.97 Å². The average molecular weight is 212 g/mol. The molecule has 1 heterocycles. The highest BCUT2D eigenvalue weighted by Gasteiger charge is 2.06. The van der Waals surface area contributed by atoms with Crippen molar-refractivity contribution < 1.29 is 19.1 Å². The van der Waals surface area contributed by atoms with E-state index >= 15 is 0 Å². The summed E-state index contributed by atoms with van der Waals surface area (Å²) in [6.07, 6.45) is 3.42. The van der Waals surface area contributed by atoms with Crippen LogP contribution in [-0.4, -0.2) is 28.5 Å². The molecule has 82 valence electrons. The Morgan fingerprint density at radius 2 is 2.33 bits per heavy atom. The molecule has 0 fully saturated rings. The molecular weight excluding hydrogens is 200 g/mol. The minimum Gasteiger partial charge on any atom is -0.481 e. The van der Waals surface area contributed by atoms with Crippen LogP contribution in [0, 0.1) is 0 Å². The van der Waals surface area contributed by atoms with Crippen molar-refractivity contribution in [1.82, 2.24) is 10.3 Å². The van der Waals surface area contributed by atoms with Gasteiger partial charge in [0.25, 0.3) is 0 Å². The summed E-state index contributed by atoms with van der Waals surface area (Å²) in [6.45, 7) is 0.353. The predicted molar refractivity (Wildman–Crippen MR) is 50.1 cm³/mol. The lowest BCUT2D eigenvalue weighted by atomic mass is 10.3. The first-order chi connectivity index (χ1) is 7.18. The van der Waals surface area contributed by atoms with E-state index in [9.17, 15) is 9.59 Å². The molecule has 15 heavy (non-hydrogen) atoms. The number of carboxylic acid groups (broad SMARTS) is 1. The van der Waals surface area contributed by atoms with Crippen molar-refractivity contribution in [2.45, 2.75) is 19.3 Å². The van der Waals surface area contributed by atoms with Crippen LogP contribution in [0.2, 0.25) is 0 Å². The topological polar surface area (TPSA) is 92.4 Å². The maximum Gasteiger partial charge on any atom is 0.303 e. The molecule has 6 heteroatoms. The van der Waals surface area contributed by atoms with E-state index in [0.29, 0.717) is 18.9 Å². The van der Waals surface area contributed by atoms with Crippen molar-refractivity contribution in [3.05, 3.63) is 18.4 Å². The van der Waals surface area contributed by atoms with Crippen LogP contribution >= 0.6 is 0 Å². The van der Waals surface area contributed by atoms with Gasteiger partial charge < -0.3 is 14.8 Å². The molecule has 0 radical (unpaired) electrons. The molecule has 0 atom stereocenters. The standard InChI is InChI=1S/C9H12N2O4/c12-7(6-8-11-4-5-15-8)10-3-1-2-9(13)14/h4-5H,1-3,6H2,(H,10,12)(H,13,14). The van der Waals surface area contributed by atoms with E-state index in [4.69, 9.17) is 9.52 Å². The van der Waals surface area contributed by atoms with Crippen LogP contribution in [0.25, 0.3) is 0 Å². The van der Waals surface area contributed by atoms with Gasteiger partial charge in [-0.3, -0.25) is 9.59 Å². The number of nitrogens with zero attached hydrogens (tertiary/aromatic N) is 1. The van der Waals surface area contributed by atoms with Crippen LogP contribution in [0.1, 0.15) is 18.7 Å². The van der Waals surface area contributed by atoms with Crippen molar-refractivity contribution in [3.8, 4) is 0 Å². The lowest BCUT2D eigenvalue weighted by Gasteiger charge is -2.01. The van der Waals surface area contributed by atoms with Crippen molar-refractivity contribution in [1.29, 1.82) is 0 Å². The number of carbonyl (C=O) groups is 2. The van der Waals surface area contributed by atoms with Crippen LogP contribution in [0.3, 0.4) is 0 Å². The monoisotopic (exact) mass is 212 g/mol. The molecule has 0 aliphatic rings. The fourth-order valence-electron chi connectivity index (χ4n) is 1.01. The number of hydrogen-bond donors (Lipinski definition) is 2.